The van der Waals surface area contributed by atoms with Gasteiger partial charge in [0, 0.05) is 25.5 Å². The van der Waals surface area contributed by atoms with Crippen LogP contribution in [0.5, 0.6) is 0 Å². The maximum absolute atomic E-state index is 11.8. The van der Waals surface area contributed by atoms with E-state index in [1.165, 1.54) is 16.7 Å². The van der Waals surface area contributed by atoms with Crippen LogP contribution in [0.25, 0.3) is 0 Å². The van der Waals surface area contributed by atoms with E-state index in [0.717, 1.165) is 12.8 Å². The highest BCUT2D eigenvalue weighted by Crippen LogP contribution is 2.19. The summed E-state index contributed by atoms with van der Waals surface area (Å²) in [6.07, 6.45) is 4.55. The first kappa shape index (κ1) is 11.6. The molecule has 1 aliphatic heterocycles. The first-order valence-corrected chi connectivity index (χ1v) is 6.66. The maximum Gasteiger partial charge on any atom is 0.302 e. The number of hydrogen-bond donors (Lipinski definition) is 1. The summed E-state index contributed by atoms with van der Waals surface area (Å²) < 4.78 is 27.4. The van der Waals surface area contributed by atoms with Gasteiger partial charge in [-0.15, -0.1) is 0 Å². The Hall–Kier alpha value is -0.920. The molecule has 2 rings (SSSR count). The Morgan fingerprint density at radius 3 is 2.50 bits per heavy atom. The van der Waals surface area contributed by atoms with Crippen LogP contribution in [0.15, 0.2) is 12.4 Å². The van der Waals surface area contributed by atoms with Gasteiger partial charge in [-0.25, -0.2) is 9.97 Å². The summed E-state index contributed by atoms with van der Waals surface area (Å²) in [5, 5.41) is 0.0465. The molecule has 1 N–H and O–H groups in total. The van der Waals surface area contributed by atoms with Crippen molar-refractivity contribution in [3.8, 4) is 0 Å². The third kappa shape index (κ3) is 2.42. The molecule has 0 amide bonds. The average molecular weight is 263 g/mol. The summed E-state index contributed by atoms with van der Waals surface area (Å²) in [4.78, 5) is 7.57. The second-order valence-corrected chi connectivity index (χ2v) is 5.44. The quantitative estimate of drug-likeness (QED) is 0.878. The van der Waals surface area contributed by atoms with Crippen molar-refractivity contribution in [1.82, 2.24) is 14.3 Å². The van der Waals surface area contributed by atoms with E-state index in [4.69, 9.17) is 11.6 Å². The number of rotatable bonds is 3. The van der Waals surface area contributed by atoms with Crippen LogP contribution in [0.4, 0.5) is 5.82 Å². The van der Waals surface area contributed by atoms with Crippen LogP contribution in [-0.4, -0.2) is 35.8 Å². The Bertz CT molecular complexity index is 473. The predicted molar refractivity (Wildman–Crippen MR) is 60.4 cm³/mol. The van der Waals surface area contributed by atoms with Crippen molar-refractivity contribution < 1.29 is 8.42 Å². The Kier molecular flexibility index (Phi) is 3.27. The van der Waals surface area contributed by atoms with Crippen molar-refractivity contribution in [1.29, 1.82) is 0 Å². The SMILES string of the molecule is O=S(=O)(Nc1nccnc1Cl)N1CCCC1. The zero-order valence-corrected chi connectivity index (χ0v) is 10.00. The lowest BCUT2D eigenvalue weighted by Crippen LogP contribution is -2.33. The summed E-state index contributed by atoms with van der Waals surface area (Å²) in [6.45, 7) is 1.07. The minimum absolute atomic E-state index is 0.0465. The minimum Gasteiger partial charge on any atom is -0.252 e. The van der Waals surface area contributed by atoms with Crippen LogP contribution in [0.3, 0.4) is 0 Å². The van der Waals surface area contributed by atoms with E-state index < -0.39 is 10.2 Å². The number of nitrogens with one attached hydrogen (secondary N) is 1. The Balaban J connectivity index is 2.18. The van der Waals surface area contributed by atoms with Crippen LogP contribution in [0.2, 0.25) is 5.15 Å². The van der Waals surface area contributed by atoms with Crippen LogP contribution in [0, 0.1) is 0 Å². The molecule has 0 spiro atoms. The molecule has 2 heterocycles. The van der Waals surface area contributed by atoms with E-state index in [9.17, 15) is 8.42 Å². The zero-order valence-electron chi connectivity index (χ0n) is 8.43. The normalized spacial score (nSPS) is 17.6. The second kappa shape index (κ2) is 4.52. The molecule has 0 radical (unpaired) electrons. The fraction of sp³-hybridized carbons (Fsp3) is 0.500. The molecule has 16 heavy (non-hydrogen) atoms. The van der Waals surface area contributed by atoms with Crippen molar-refractivity contribution in [2.24, 2.45) is 0 Å². The number of halogens is 1. The smallest absolute Gasteiger partial charge is 0.252 e. The first-order chi connectivity index (χ1) is 7.59. The molecule has 1 aliphatic rings. The highest BCUT2D eigenvalue weighted by atomic mass is 35.5. The summed E-state index contributed by atoms with van der Waals surface area (Å²) >= 11 is 5.72. The number of nitrogens with zero attached hydrogens (tertiary/aromatic N) is 3. The molecule has 8 heteroatoms. The van der Waals surface area contributed by atoms with Gasteiger partial charge in [0.05, 0.1) is 0 Å². The highest BCUT2D eigenvalue weighted by molar-refractivity contribution is 7.90. The molecule has 1 fully saturated rings. The van der Waals surface area contributed by atoms with Crippen LogP contribution in [-0.2, 0) is 10.2 Å². The van der Waals surface area contributed by atoms with Gasteiger partial charge in [0.2, 0.25) is 0 Å². The molecule has 0 unspecified atom stereocenters. The van der Waals surface area contributed by atoms with Gasteiger partial charge in [0.1, 0.15) is 0 Å². The number of hydrogen-bond acceptors (Lipinski definition) is 4. The largest absolute Gasteiger partial charge is 0.302 e. The Morgan fingerprint density at radius 2 is 1.88 bits per heavy atom. The summed E-state index contributed by atoms with van der Waals surface area (Å²) in [7, 11) is -3.54. The first-order valence-electron chi connectivity index (χ1n) is 4.84. The predicted octanol–water partition coefficient (Wildman–Crippen LogP) is 0.882. The second-order valence-electron chi connectivity index (χ2n) is 3.41. The van der Waals surface area contributed by atoms with Crippen LogP contribution in [0.1, 0.15) is 12.8 Å². The lowest BCUT2D eigenvalue weighted by Gasteiger charge is -2.16. The summed E-state index contributed by atoms with van der Waals surface area (Å²) in [5.74, 6) is 0.0658. The molecular formula is C8H11ClN4O2S. The van der Waals surface area contributed by atoms with E-state index in [1.807, 2.05) is 0 Å². The van der Waals surface area contributed by atoms with E-state index >= 15 is 0 Å². The van der Waals surface area contributed by atoms with E-state index in [1.54, 1.807) is 0 Å². The fourth-order valence-corrected chi connectivity index (χ4v) is 2.97. The summed E-state index contributed by atoms with van der Waals surface area (Å²) in [5.41, 5.74) is 0. The number of anilines is 1. The van der Waals surface area contributed by atoms with E-state index in [-0.39, 0.29) is 11.0 Å². The molecule has 0 saturated carbocycles. The van der Waals surface area contributed by atoms with Gasteiger partial charge < -0.3 is 0 Å². The molecule has 1 aromatic heterocycles. The van der Waals surface area contributed by atoms with Crippen molar-refractivity contribution in [3.63, 3.8) is 0 Å². The molecular weight excluding hydrogens is 252 g/mol. The van der Waals surface area contributed by atoms with Crippen LogP contribution < -0.4 is 4.72 Å². The van der Waals surface area contributed by atoms with Gasteiger partial charge in [-0.1, -0.05) is 11.6 Å². The molecule has 1 aromatic rings. The monoisotopic (exact) mass is 262 g/mol. The molecule has 0 bridgehead atoms. The number of aromatic nitrogens is 2. The van der Waals surface area contributed by atoms with Crippen LogP contribution >= 0.6 is 11.6 Å². The van der Waals surface area contributed by atoms with Gasteiger partial charge in [0.25, 0.3) is 0 Å². The molecule has 88 valence electrons. The molecule has 6 nitrogen and oxygen atoms in total. The highest BCUT2D eigenvalue weighted by Gasteiger charge is 2.26. The van der Waals surface area contributed by atoms with E-state index in [0.29, 0.717) is 13.1 Å². The lowest BCUT2D eigenvalue weighted by atomic mass is 10.4. The molecule has 1 saturated heterocycles. The van der Waals surface area contributed by atoms with Gasteiger partial charge in [-0.2, -0.15) is 12.7 Å². The van der Waals surface area contributed by atoms with Gasteiger partial charge in [0.15, 0.2) is 11.0 Å². The fourth-order valence-electron chi connectivity index (χ4n) is 1.50. The average Bonchev–Trinajstić information content (AvgIpc) is 2.75. The molecule has 0 aromatic carbocycles. The molecule has 0 aliphatic carbocycles. The summed E-state index contributed by atoms with van der Waals surface area (Å²) in [6, 6.07) is 0. The van der Waals surface area contributed by atoms with Gasteiger partial charge in [-0.3, -0.25) is 4.72 Å². The van der Waals surface area contributed by atoms with E-state index in [2.05, 4.69) is 14.7 Å². The van der Waals surface area contributed by atoms with Crippen molar-refractivity contribution >= 4 is 27.6 Å². The topological polar surface area (TPSA) is 75.2 Å². The molecule has 0 atom stereocenters. The van der Waals surface area contributed by atoms with Crippen molar-refractivity contribution in [2.75, 3.05) is 17.8 Å². The zero-order chi connectivity index (χ0) is 11.6. The van der Waals surface area contributed by atoms with Gasteiger partial charge in [-0.05, 0) is 12.8 Å². The van der Waals surface area contributed by atoms with Gasteiger partial charge >= 0.3 is 10.2 Å². The third-order valence-electron chi connectivity index (χ3n) is 2.28. The maximum atomic E-state index is 11.8. The van der Waals surface area contributed by atoms with Crippen molar-refractivity contribution in [2.45, 2.75) is 12.8 Å². The Labute approximate surface area is 98.8 Å². The minimum atomic E-state index is -3.54. The Morgan fingerprint density at radius 1 is 1.25 bits per heavy atom. The van der Waals surface area contributed by atoms with Crippen molar-refractivity contribution in [3.05, 3.63) is 17.5 Å². The standard InChI is InChI=1S/C8H11ClN4O2S/c9-7-8(11-4-3-10-7)12-16(14,15)13-5-1-2-6-13/h3-4H,1-2,5-6H2,(H,11,12). The third-order valence-corrected chi connectivity index (χ3v) is 4.06. The lowest BCUT2D eigenvalue weighted by molar-refractivity contribution is 0.482.